The largest absolute Gasteiger partial charge is 0.367 e. The summed E-state index contributed by atoms with van der Waals surface area (Å²) >= 11 is 0. The smallest absolute Gasteiger partial charge is 0.280 e. The maximum absolute atomic E-state index is 11.6. The van der Waals surface area contributed by atoms with Crippen molar-refractivity contribution < 1.29 is 9.36 Å². The molecule has 1 aliphatic rings. The molecule has 2 heterocycles. The lowest BCUT2D eigenvalue weighted by Gasteiger charge is -2.36. The van der Waals surface area contributed by atoms with E-state index in [4.69, 9.17) is 5.73 Å². The van der Waals surface area contributed by atoms with E-state index in [0.29, 0.717) is 11.9 Å². The van der Waals surface area contributed by atoms with Crippen LogP contribution in [0.1, 0.15) is 26.7 Å². The number of aromatic amines is 1. The van der Waals surface area contributed by atoms with Gasteiger partial charge < -0.3 is 10.6 Å². The van der Waals surface area contributed by atoms with Gasteiger partial charge in [0.15, 0.2) is 6.33 Å². The number of amides is 1. The van der Waals surface area contributed by atoms with Crippen LogP contribution in [0.25, 0.3) is 0 Å². The van der Waals surface area contributed by atoms with Gasteiger partial charge in [0.25, 0.3) is 5.82 Å². The fourth-order valence-corrected chi connectivity index (χ4v) is 3.00. The molecule has 0 atom stereocenters. The Bertz CT molecular complexity index is 428. The van der Waals surface area contributed by atoms with E-state index in [-0.39, 0.29) is 5.91 Å². The van der Waals surface area contributed by atoms with Crippen LogP contribution in [0, 0.1) is 0 Å². The Morgan fingerprint density at radius 1 is 1.58 bits per heavy atom. The summed E-state index contributed by atoms with van der Waals surface area (Å²) in [5.41, 5.74) is 5.96. The molecule has 106 valence electrons. The molecule has 2 rings (SSSR count). The molecule has 0 radical (unpaired) electrons. The van der Waals surface area contributed by atoms with Crippen molar-refractivity contribution in [2.24, 2.45) is 7.05 Å². The molecule has 1 aromatic rings. The number of carbonyl (C=O) groups is 1. The van der Waals surface area contributed by atoms with E-state index in [1.165, 1.54) is 0 Å². The molecular formula is C13H24N5O+. The number of piperidine rings is 1. The number of aromatic nitrogens is 2. The van der Waals surface area contributed by atoms with Crippen LogP contribution in [-0.4, -0.2) is 41.5 Å². The number of nitrogens with zero attached hydrogens (tertiary/aromatic N) is 3. The van der Waals surface area contributed by atoms with Gasteiger partial charge in [-0.25, -0.2) is 4.57 Å². The molecule has 6 heteroatoms. The molecule has 1 aliphatic heterocycles. The van der Waals surface area contributed by atoms with E-state index >= 15 is 0 Å². The Hall–Kier alpha value is -1.72. The highest BCUT2D eigenvalue weighted by molar-refractivity contribution is 5.73. The maximum atomic E-state index is 11.6. The third-order valence-electron chi connectivity index (χ3n) is 3.94. The van der Waals surface area contributed by atoms with Gasteiger partial charge in [0.1, 0.15) is 0 Å². The Morgan fingerprint density at radius 3 is 2.63 bits per heavy atom. The number of nitrogen functional groups attached to an aromatic ring is 1. The van der Waals surface area contributed by atoms with Crippen LogP contribution in [0.2, 0.25) is 0 Å². The number of anilines is 2. The van der Waals surface area contributed by atoms with E-state index in [1.54, 1.807) is 6.92 Å². The molecular weight excluding hydrogens is 242 g/mol. The molecule has 0 unspecified atom stereocenters. The van der Waals surface area contributed by atoms with Crippen molar-refractivity contribution in [2.75, 3.05) is 30.3 Å². The highest BCUT2D eigenvalue weighted by Crippen LogP contribution is 2.23. The van der Waals surface area contributed by atoms with Gasteiger partial charge in [-0.05, 0) is 19.8 Å². The lowest BCUT2D eigenvalue weighted by Crippen LogP contribution is -2.49. The summed E-state index contributed by atoms with van der Waals surface area (Å²) in [6.07, 6.45) is 3.86. The van der Waals surface area contributed by atoms with Crippen molar-refractivity contribution >= 4 is 17.5 Å². The lowest BCUT2D eigenvalue weighted by atomic mass is 10.0. The standard InChI is InChI=1S/C13H23N5O/c1-4-18(10(2)19)11-5-7-17(8-6-11)13-12(14)15-9-16(13)3/h9,11H,4-8,14H2,1-3H3/p+1. The maximum Gasteiger partial charge on any atom is 0.280 e. The molecule has 1 aromatic heterocycles. The Labute approximate surface area is 114 Å². The van der Waals surface area contributed by atoms with Gasteiger partial charge in [-0.15, -0.1) is 0 Å². The second kappa shape index (κ2) is 5.50. The highest BCUT2D eigenvalue weighted by atomic mass is 16.2. The molecule has 19 heavy (non-hydrogen) atoms. The first-order valence-corrected chi connectivity index (χ1v) is 6.89. The Morgan fingerprint density at radius 2 is 2.21 bits per heavy atom. The minimum atomic E-state index is 0.174. The van der Waals surface area contributed by atoms with Crippen LogP contribution in [0.5, 0.6) is 0 Å². The Balaban J connectivity index is 2.01. The third kappa shape index (κ3) is 2.67. The first-order valence-electron chi connectivity index (χ1n) is 6.89. The summed E-state index contributed by atoms with van der Waals surface area (Å²) in [5, 5.41) is 0. The van der Waals surface area contributed by atoms with Crippen molar-refractivity contribution in [3.8, 4) is 0 Å². The van der Waals surface area contributed by atoms with Crippen LogP contribution in [0.4, 0.5) is 11.6 Å². The molecule has 1 saturated heterocycles. The summed E-state index contributed by atoms with van der Waals surface area (Å²) in [6.45, 7) is 6.35. The average Bonchev–Trinajstić information content (AvgIpc) is 2.71. The molecule has 0 bridgehead atoms. The Kier molecular flexibility index (Phi) is 3.97. The van der Waals surface area contributed by atoms with Crippen LogP contribution in [0.15, 0.2) is 6.33 Å². The second-order valence-corrected chi connectivity index (χ2v) is 5.14. The van der Waals surface area contributed by atoms with E-state index < -0.39 is 0 Å². The molecule has 6 nitrogen and oxygen atoms in total. The number of carbonyl (C=O) groups excluding carboxylic acids is 1. The number of hydrogen-bond donors (Lipinski definition) is 2. The van der Waals surface area contributed by atoms with Crippen LogP contribution in [-0.2, 0) is 11.8 Å². The van der Waals surface area contributed by atoms with Gasteiger partial charge in [0, 0.05) is 19.5 Å². The second-order valence-electron chi connectivity index (χ2n) is 5.14. The molecule has 3 N–H and O–H groups in total. The number of nitrogens with two attached hydrogens (primary N) is 1. The monoisotopic (exact) mass is 266 g/mol. The van der Waals surface area contributed by atoms with Gasteiger partial charge in [-0.2, -0.15) is 0 Å². The molecule has 0 spiro atoms. The summed E-state index contributed by atoms with van der Waals surface area (Å²) in [4.78, 5) is 18.9. The quantitative estimate of drug-likeness (QED) is 0.771. The van der Waals surface area contributed by atoms with Crippen molar-refractivity contribution in [2.45, 2.75) is 32.7 Å². The van der Waals surface area contributed by atoms with Crippen molar-refractivity contribution in [1.29, 1.82) is 0 Å². The SMILES string of the molecule is CCN(C(C)=O)C1CCN(c2c(N)[nH]c[n+]2C)CC1. The van der Waals surface area contributed by atoms with Crippen LogP contribution >= 0.6 is 0 Å². The summed E-state index contributed by atoms with van der Waals surface area (Å²) < 4.78 is 2.01. The fourth-order valence-electron chi connectivity index (χ4n) is 3.00. The van der Waals surface area contributed by atoms with Crippen molar-refractivity contribution in [3.05, 3.63) is 6.33 Å². The topological polar surface area (TPSA) is 69.2 Å². The zero-order chi connectivity index (χ0) is 14.0. The number of imidazole rings is 1. The van der Waals surface area contributed by atoms with Crippen molar-refractivity contribution in [1.82, 2.24) is 9.88 Å². The minimum absolute atomic E-state index is 0.174. The van der Waals surface area contributed by atoms with E-state index in [9.17, 15) is 4.79 Å². The normalized spacial score (nSPS) is 16.7. The zero-order valence-corrected chi connectivity index (χ0v) is 12.0. The van der Waals surface area contributed by atoms with Crippen LogP contribution < -0.4 is 15.2 Å². The van der Waals surface area contributed by atoms with E-state index in [0.717, 1.165) is 38.3 Å². The van der Waals surface area contributed by atoms with Crippen LogP contribution in [0.3, 0.4) is 0 Å². The fraction of sp³-hybridized carbons (Fsp3) is 0.692. The predicted molar refractivity (Wildman–Crippen MR) is 74.7 cm³/mol. The van der Waals surface area contributed by atoms with Gasteiger partial charge in [-0.3, -0.25) is 14.7 Å². The zero-order valence-electron chi connectivity index (χ0n) is 12.0. The lowest BCUT2D eigenvalue weighted by molar-refractivity contribution is -0.657. The van der Waals surface area contributed by atoms with Gasteiger partial charge in [0.2, 0.25) is 11.7 Å². The van der Waals surface area contributed by atoms with Gasteiger partial charge >= 0.3 is 0 Å². The van der Waals surface area contributed by atoms with Gasteiger partial charge in [0.05, 0.1) is 20.1 Å². The van der Waals surface area contributed by atoms with Crippen molar-refractivity contribution in [3.63, 3.8) is 0 Å². The molecule has 1 fully saturated rings. The molecule has 1 amide bonds. The first-order chi connectivity index (χ1) is 9.04. The summed E-state index contributed by atoms with van der Waals surface area (Å²) in [7, 11) is 1.99. The number of hydrogen-bond acceptors (Lipinski definition) is 3. The number of aryl methyl sites for hydroxylation is 1. The van der Waals surface area contributed by atoms with Gasteiger partial charge in [-0.1, -0.05) is 0 Å². The third-order valence-corrected chi connectivity index (χ3v) is 3.94. The predicted octanol–water partition coefficient (Wildman–Crippen LogP) is 0.259. The van der Waals surface area contributed by atoms with E-state index in [2.05, 4.69) is 9.88 Å². The number of rotatable bonds is 3. The molecule has 0 saturated carbocycles. The number of nitrogens with one attached hydrogen (secondary N) is 1. The molecule has 0 aromatic carbocycles. The average molecular weight is 266 g/mol. The highest BCUT2D eigenvalue weighted by Gasteiger charge is 2.30. The number of H-pyrrole nitrogens is 1. The summed E-state index contributed by atoms with van der Waals surface area (Å²) in [5.74, 6) is 1.93. The molecule has 0 aliphatic carbocycles. The van der Waals surface area contributed by atoms with E-state index in [1.807, 2.05) is 29.8 Å². The summed E-state index contributed by atoms with van der Waals surface area (Å²) in [6, 6.07) is 0.365. The minimum Gasteiger partial charge on any atom is -0.367 e. The first kappa shape index (κ1) is 13.7.